The summed E-state index contributed by atoms with van der Waals surface area (Å²) in [6, 6.07) is 9.01. The van der Waals surface area contributed by atoms with E-state index >= 15 is 0 Å². The van der Waals surface area contributed by atoms with Crippen LogP contribution in [0.15, 0.2) is 36.5 Å². The summed E-state index contributed by atoms with van der Waals surface area (Å²) >= 11 is 0. The minimum absolute atomic E-state index is 0.0638. The Hall–Kier alpha value is -2.21. The predicted molar refractivity (Wildman–Crippen MR) is 56.1 cm³/mol. The van der Waals surface area contributed by atoms with Crippen molar-refractivity contribution in [2.75, 3.05) is 0 Å². The van der Waals surface area contributed by atoms with Crippen molar-refractivity contribution in [2.24, 2.45) is 0 Å². The van der Waals surface area contributed by atoms with Crippen LogP contribution < -0.4 is 0 Å². The Balaban J connectivity index is 2.48. The van der Waals surface area contributed by atoms with Crippen LogP contribution >= 0.6 is 0 Å². The van der Waals surface area contributed by atoms with Gasteiger partial charge in [-0.05, 0) is 12.1 Å². The fourth-order valence-corrected chi connectivity index (χ4v) is 1.38. The number of aliphatic hydroxyl groups excluding tert-OH is 1. The van der Waals surface area contributed by atoms with Crippen molar-refractivity contribution in [3.63, 3.8) is 0 Å². The average Bonchev–Trinajstić information content (AvgIpc) is 2.74. The molecule has 0 saturated carbocycles. The molecule has 6 heteroatoms. The van der Waals surface area contributed by atoms with Gasteiger partial charge in [-0.2, -0.15) is 5.10 Å². The second kappa shape index (κ2) is 4.11. The lowest BCUT2D eigenvalue weighted by molar-refractivity contribution is -0.385. The zero-order valence-electron chi connectivity index (χ0n) is 8.28. The van der Waals surface area contributed by atoms with Gasteiger partial charge in [0.05, 0.1) is 17.2 Å². The minimum Gasteiger partial charge on any atom is -0.390 e. The van der Waals surface area contributed by atoms with Gasteiger partial charge < -0.3 is 5.11 Å². The molecule has 1 aromatic heterocycles. The van der Waals surface area contributed by atoms with Crippen LogP contribution in [0.2, 0.25) is 0 Å². The van der Waals surface area contributed by atoms with Gasteiger partial charge in [-0.1, -0.05) is 18.2 Å². The van der Waals surface area contributed by atoms with Crippen molar-refractivity contribution >= 4 is 5.69 Å². The fourth-order valence-electron chi connectivity index (χ4n) is 1.38. The van der Waals surface area contributed by atoms with E-state index in [9.17, 15) is 10.1 Å². The van der Waals surface area contributed by atoms with E-state index in [1.54, 1.807) is 12.1 Å². The Kier molecular flexibility index (Phi) is 2.65. The fraction of sp³-hybridized carbons (Fsp3) is 0.100. The first kappa shape index (κ1) is 10.3. The van der Waals surface area contributed by atoms with Crippen LogP contribution in [0.5, 0.6) is 0 Å². The van der Waals surface area contributed by atoms with Gasteiger partial charge in [-0.3, -0.25) is 10.1 Å². The summed E-state index contributed by atoms with van der Waals surface area (Å²) in [5, 5.41) is 23.6. The van der Waals surface area contributed by atoms with Crippen LogP contribution in [0, 0.1) is 10.1 Å². The molecule has 0 radical (unpaired) electrons. The molecule has 0 bridgehead atoms. The third-order valence-corrected chi connectivity index (χ3v) is 2.14. The van der Waals surface area contributed by atoms with Gasteiger partial charge in [0.15, 0.2) is 5.69 Å². The highest BCUT2D eigenvalue weighted by Gasteiger charge is 2.18. The molecule has 82 valence electrons. The summed E-state index contributed by atoms with van der Waals surface area (Å²) in [5.74, 6) is 0. The number of aromatic nitrogens is 2. The highest BCUT2D eigenvalue weighted by Crippen LogP contribution is 2.19. The van der Waals surface area contributed by atoms with Crippen LogP contribution in [0.1, 0.15) is 5.69 Å². The molecular weight excluding hydrogens is 210 g/mol. The largest absolute Gasteiger partial charge is 0.390 e. The van der Waals surface area contributed by atoms with Crippen LogP contribution in [0.4, 0.5) is 5.69 Å². The lowest BCUT2D eigenvalue weighted by atomic mass is 10.3. The molecule has 0 atom stereocenters. The number of rotatable bonds is 3. The van der Waals surface area contributed by atoms with Gasteiger partial charge in [0.25, 0.3) is 0 Å². The van der Waals surface area contributed by atoms with Crippen molar-refractivity contribution in [1.82, 2.24) is 9.78 Å². The second-order valence-corrected chi connectivity index (χ2v) is 3.16. The smallest absolute Gasteiger partial charge is 0.313 e. The Bertz CT molecular complexity index is 507. The lowest BCUT2D eigenvalue weighted by Gasteiger charge is -1.97. The molecule has 2 rings (SSSR count). The van der Waals surface area contributed by atoms with Gasteiger partial charge in [0.1, 0.15) is 6.20 Å². The normalized spacial score (nSPS) is 10.3. The standard InChI is InChI=1S/C10H9N3O3/c14-7-9-10(13(15)16)6-12(11-9)8-4-2-1-3-5-8/h1-6,14H,7H2. The van der Waals surface area contributed by atoms with Crippen LogP contribution in [0.3, 0.4) is 0 Å². The molecule has 1 aromatic carbocycles. The Morgan fingerprint density at radius 3 is 2.56 bits per heavy atom. The first-order valence-electron chi connectivity index (χ1n) is 4.61. The maximum atomic E-state index is 10.7. The van der Waals surface area contributed by atoms with Gasteiger partial charge in [-0.25, -0.2) is 4.68 Å². The maximum absolute atomic E-state index is 10.7. The Labute approximate surface area is 90.9 Å². The van der Waals surface area contributed by atoms with E-state index in [4.69, 9.17) is 5.11 Å². The van der Waals surface area contributed by atoms with Crippen molar-refractivity contribution in [2.45, 2.75) is 6.61 Å². The summed E-state index contributed by atoms with van der Waals surface area (Å²) in [6.07, 6.45) is 1.29. The number of nitrogens with zero attached hydrogens (tertiary/aromatic N) is 3. The summed E-state index contributed by atoms with van der Waals surface area (Å²) in [5.41, 5.74) is 0.602. The number of para-hydroxylation sites is 1. The highest BCUT2D eigenvalue weighted by atomic mass is 16.6. The highest BCUT2D eigenvalue weighted by molar-refractivity contribution is 5.38. The van der Waals surface area contributed by atoms with Crippen molar-refractivity contribution < 1.29 is 10.0 Å². The van der Waals surface area contributed by atoms with Gasteiger partial charge >= 0.3 is 5.69 Å². The summed E-state index contributed by atoms with van der Waals surface area (Å²) in [4.78, 5) is 10.1. The molecule has 0 fully saturated rings. The number of nitro groups is 1. The van der Waals surface area contributed by atoms with Gasteiger partial charge in [-0.15, -0.1) is 0 Å². The van der Waals surface area contributed by atoms with Gasteiger partial charge in [0.2, 0.25) is 0 Å². The van der Waals surface area contributed by atoms with E-state index in [2.05, 4.69) is 5.10 Å². The first-order chi connectivity index (χ1) is 7.72. The van der Waals surface area contributed by atoms with Crippen molar-refractivity contribution in [3.05, 3.63) is 52.3 Å². The van der Waals surface area contributed by atoms with E-state index < -0.39 is 11.5 Å². The van der Waals surface area contributed by atoms with E-state index in [-0.39, 0.29) is 11.4 Å². The van der Waals surface area contributed by atoms with Crippen molar-refractivity contribution in [1.29, 1.82) is 0 Å². The molecule has 1 heterocycles. The summed E-state index contributed by atoms with van der Waals surface area (Å²) < 4.78 is 1.38. The monoisotopic (exact) mass is 219 g/mol. The van der Waals surface area contributed by atoms with E-state index in [0.29, 0.717) is 5.69 Å². The topological polar surface area (TPSA) is 81.2 Å². The van der Waals surface area contributed by atoms with Crippen LogP contribution in [0.25, 0.3) is 5.69 Å². The summed E-state index contributed by atoms with van der Waals surface area (Å²) in [7, 11) is 0. The molecule has 0 aliphatic rings. The third-order valence-electron chi connectivity index (χ3n) is 2.14. The number of benzene rings is 1. The molecule has 16 heavy (non-hydrogen) atoms. The molecule has 0 aliphatic heterocycles. The zero-order chi connectivity index (χ0) is 11.5. The van der Waals surface area contributed by atoms with Crippen molar-refractivity contribution in [3.8, 4) is 5.69 Å². The zero-order valence-corrected chi connectivity index (χ0v) is 8.28. The lowest BCUT2D eigenvalue weighted by Crippen LogP contribution is -1.95. The van der Waals surface area contributed by atoms with E-state index in [0.717, 1.165) is 0 Å². The summed E-state index contributed by atoms with van der Waals surface area (Å²) in [6.45, 7) is -0.448. The molecule has 1 N–H and O–H groups in total. The Morgan fingerprint density at radius 2 is 2.06 bits per heavy atom. The van der Waals surface area contributed by atoms with E-state index in [1.165, 1.54) is 10.9 Å². The Morgan fingerprint density at radius 1 is 1.38 bits per heavy atom. The SMILES string of the molecule is O=[N+]([O-])c1cn(-c2ccccc2)nc1CO. The van der Waals surface area contributed by atoms with E-state index in [1.807, 2.05) is 18.2 Å². The molecule has 0 aliphatic carbocycles. The quantitative estimate of drug-likeness (QED) is 0.622. The minimum atomic E-state index is -0.558. The average molecular weight is 219 g/mol. The molecule has 0 spiro atoms. The molecule has 0 saturated heterocycles. The van der Waals surface area contributed by atoms with Crippen LogP contribution in [-0.2, 0) is 6.61 Å². The predicted octanol–water partition coefficient (Wildman–Crippen LogP) is 1.27. The number of hydrogen-bond donors (Lipinski definition) is 1. The maximum Gasteiger partial charge on any atom is 0.313 e. The van der Waals surface area contributed by atoms with Crippen LogP contribution in [-0.4, -0.2) is 19.8 Å². The first-order valence-corrected chi connectivity index (χ1v) is 4.61. The molecule has 0 amide bonds. The third kappa shape index (κ3) is 1.78. The molecular formula is C10H9N3O3. The van der Waals surface area contributed by atoms with Gasteiger partial charge in [0, 0.05) is 0 Å². The molecule has 6 nitrogen and oxygen atoms in total. The number of aliphatic hydroxyl groups is 1. The second-order valence-electron chi connectivity index (χ2n) is 3.16. The number of hydrogen-bond acceptors (Lipinski definition) is 4. The molecule has 0 unspecified atom stereocenters. The molecule has 2 aromatic rings.